The average molecular weight is 251 g/mol. The molecule has 0 unspecified atom stereocenters. The lowest BCUT2D eigenvalue weighted by molar-refractivity contribution is -0.0281. The van der Waals surface area contributed by atoms with Gasteiger partial charge in [0.15, 0.2) is 0 Å². The Kier molecular flexibility index (Phi) is 5.31. The number of esters is 1. The summed E-state index contributed by atoms with van der Waals surface area (Å²) in [5.41, 5.74) is 6.73. The van der Waals surface area contributed by atoms with Crippen LogP contribution in [-0.2, 0) is 16.0 Å². The molecule has 0 bridgehead atoms. The molecule has 18 heavy (non-hydrogen) atoms. The van der Waals surface area contributed by atoms with Crippen LogP contribution in [-0.4, -0.2) is 24.8 Å². The number of carbonyl (C=O) groups is 1. The SMILES string of the molecule is CC(C)(C)OCCOC(=O)c1cccc(CN)c1. The van der Waals surface area contributed by atoms with Crippen LogP contribution in [0.2, 0.25) is 0 Å². The Labute approximate surface area is 108 Å². The van der Waals surface area contributed by atoms with Crippen LogP contribution in [0, 0.1) is 0 Å². The predicted octanol–water partition coefficient (Wildman–Crippen LogP) is 2.12. The van der Waals surface area contributed by atoms with Crippen molar-refractivity contribution in [3.63, 3.8) is 0 Å². The highest BCUT2D eigenvalue weighted by atomic mass is 16.6. The van der Waals surface area contributed by atoms with Gasteiger partial charge < -0.3 is 15.2 Å². The Bertz CT molecular complexity index is 396. The third-order valence-corrected chi connectivity index (χ3v) is 2.25. The summed E-state index contributed by atoms with van der Waals surface area (Å²) < 4.78 is 10.6. The number of hydrogen-bond donors (Lipinski definition) is 1. The van der Waals surface area contributed by atoms with Crippen LogP contribution in [0.1, 0.15) is 36.7 Å². The van der Waals surface area contributed by atoms with Gasteiger partial charge in [0.1, 0.15) is 6.61 Å². The standard InChI is InChI=1S/C14H21NO3/c1-14(2,3)18-8-7-17-13(16)12-6-4-5-11(9-12)10-15/h4-6,9H,7-8,10,15H2,1-3H3. The molecule has 0 saturated carbocycles. The van der Waals surface area contributed by atoms with Gasteiger partial charge in [-0.15, -0.1) is 0 Å². The van der Waals surface area contributed by atoms with E-state index in [4.69, 9.17) is 15.2 Å². The molecule has 4 nitrogen and oxygen atoms in total. The van der Waals surface area contributed by atoms with Crippen molar-refractivity contribution in [1.29, 1.82) is 0 Å². The molecule has 0 aliphatic carbocycles. The number of carbonyl (C=O) groups excluding carboxylic acids is 1. The largest absolute Gasteiger partial charge is 0.460 e. The Morgan fingerprint density at radius 3 is 2.61 bits per heavy atom. The van der Waals surface area contributed by atoms with Crippen molar-refractivity contribution in [3.05, 3.63) is 35.4 Å². The van der Waals surface area contributed by atoms with Gasteiger partial charge in [-0.1, -0.05) is 12.1 Å². The van der Waals surface area contributed by atoms with Gasteiger partial charge in [-0.2, -0.15) is 0 Å². The number of nitrogens with two attached hydrogens (primary N) is 1. The van der Waals surface area contributed by atoms with E-state index in [0.717, 1.165) is 5.56 Å². The molecule has 1 rings (SSSR count). The Morgan fingerprint density at radius 2 is 2.00 bits per heavy atom. The first kappa shape index (κ1) is 14.7. The zero-order valence-electron chi connectivity index (χ0n) is 11.2. The molecule has 0 heterocycles. The molecule has 0 aromatic heterocycles. The second kappa shape index (κ2) is 6.52. The summed E-state index contributed by atoms with van der Waals surface area (Å²) in [6.07, 6.45) is 0. The van der Waals surface area contributed by atoms with Gasteiger partial charge in [-0.05, 0) is 38.5 Å². The van der Waals surface area contributed by atoms with Crippen molar-refractivity contribution in [2.24, 2.45) is 5.73 Å². The fourth-order valence-corrected chi connectivity index (χ4v) is 1.39. The van der Waals surface area contributed by atoms with Gasteiger partial charge in [0.25, 0.3) is 0 Å². The second-order valence-corrected chi connectivity index (χ2v) is 5.00. The van der Waals surface area contributed by atoms with Crippen LogP contribution < -0.4 is 5.73 Å². The third-order valence-electron chi connectivity index (χ3n) is 2.25. The maximum atomic E-state index is 11.7. The summed E-state index contributed by atoms with van der Waals surface area (Å²) in [7, 11) is 0. The first-order valence-electron chi connectivity index (χ1n) is 6.02. The number of hydrogen-bond acceptors (Lipinski definition) is 4. The predicted molar refractivity (Wildman–Crippen MR) is 70.3 cm³/mol. The Morgan fingerprint density at radius 1 is 1.28 bits per heavy atom. The van der Waals surface area contributed by atoms with Crippen molar-refractivity contribution < 1.29 is 14.3 Å². The van der Waals surface area contributed by atoms with Crippen LogP contribution in [0.15, 0.2) is 24.3 Å². The maximum Gasteiger partial charge on any atom is 0.338 e. The summed E-state index contributed by atoms with van der Waals surface area (Å²) in [6, 6.07) is 7.13. The highest BCUT2D eigenvalue weighted by molar-refractivity contribution is 5.89. The van der Waals surface area contributed by atoms with E-state index < -0.39 is 0 Å². The fourth-order valence-electron chi connectivity index (χ4n) is 1.39. The number of rotatable bonds is 5. The zero-order chi connectivity index (χ0) is 13.6. The Balaban J connectivity index is 2.41. The lowest BCUT2D eigenvalue weighted by Gasteiger charge is -2.19. The van der Waals surface area contributed by atoms with Gasteiger partial charge in [0, 0.05) is 6.54 Å². The molecule has 0 spiro atoms. The van der Waals surface area contributed by atoms with E-state index in [1.165, 1.54) is 0 Å². The van der Waals surface area contributed by atoms with Gasteiger partial charge in [0.05, 0.1) is 17.8 Å². The first-order chi connectivity index (χ1) is 8.42. The van der Waals surface area contributed by atoms with E-state index in [1.54, 1.807) is 18.2 Å². The van der Waals surface area contributed by atoms with Crippen LogP contribution in [0.3, 0.4) is 0 Å². The quantitative estimate of drug-likeness (QED) is 0.643. The summed E-state index contributed by atoms with van der Waals surface area (Å²) in [6.45, 7) is 6.93. The minimum Gasteiger partial charge on any atom is -0.460 e. The fraction of sp³-hybridized carbons (Fsp3) is 0.500. The van der Waals surface area contributed by atoms with E-state index in [0.29, 0.717) is 18.7 Å². The van der Waals surface area contributed by atoms with Crippen LogP contribution in [0.25, 0.3) is 0 Å². The molecule has 0 fully saturated rings. The summed E-state index contributed by atoms with van der Waals surface area (Å²) in [5, 5.41) is 0. The Hall–Kier alpha value is -1.39. The van der Waals surface area contributed by atoms with E-state index in [1.807, 2.05) is 26.8 Å². The number of ether oxygens (including phenoxy) is 2. The smallest absolute Gasteiger partial charge is 0.338 e. The molecule has 1 aromatic rings. The van der Waals surface area contributed by atoms with Gasteiger partial charge >= 0.3 is 5.97 Å². The molecule has 0 amide bonds. The van der Waals surface area contributed by atoms with E-state index in [-0.39, 0.29) is 18.2 Å². The van der Waals surface area contributed by atoms with Crippen molar-refractivity contribution in [1.82, 2.24) is 0 Å². The van der Waals surface area contributed by atoms with E-state index in [9.17, 15) is 4.79 Å². The highest BCUT2D eigenvalue weighted by Crippen LogP contribution is 2.08. The van der Waals surface area contributed by atoms with Gasteiger partial charge in [0.2, 0.25) is 0 Å². The lowest BCUT2D eigenvalue weighted by atomic mass is 10.1. The zero-order valence-corrected chi connectivity index (χ0v) is 11.2. The van der Waals surface area contributed by atoms with Crippen molar-refractivity contribution in [2.45, 2.75) is 32.9 Å². The highest BCUT2D eigenvalue weighted by Gasteiger charge is 2.11. The molecule has 0 aliphatic rings. The monoisotopic (exact) mass is 251 g/mol. The van der Waals surface area contributed by atoms with Gasteiger partial charge in [-0.3, -0.25) is 0 Å². The minimum absolute atomic E-state index is 0.216. The molecular formula is C14H21NO3. The van der Waals surface area contributed by atoms with E-state index in [2.05, 4.69) is 0 Å². The average Bonchev–Trinajstić information content (AvgIpc) is 2.33. The molecule has 1 aromatic carbocycles. The van der Waals surface area contributed by atoms with Gasteiger partial charge in [-0.25, -0.2) is 4.79 Å². The summed E-state index contributed by atoms with van der Waals surface area (Å²) in [4.78, 5) is 11.7. The van der Waals surface area contributed by atoms with Crippen LogP contribution in [0.4, 0.5) is 0 Å². The molecule has 100 valence electrons. The number of benzene rings is 1. The minimum atomic E-state index is -0.345. The van der Waals surface area contributed by atoms with Crippen molar-refractivity contribution >= 4 is 5.97 Å². The normalized spacial score (nSPS) is 11.3. The molecule has 4 heteroatoms. The molecule has 0 aliphatic heterocycles. The second-order valence-electron chi connectivity index (χ2n) is 5.00. The third kappa shape index (κ3) is 5.29. The molecule has 2 N–H and O–H groups in total. The van der Waals surface area contributed by atoms with Crippen molar-refractivity contribution in [3.8, 4) is 0 Å². The first-order valence-corrected chi connectivity index (χ1v) is 6.02. The lowest BCUT2D eigenvalue weighted by Crippen LogP contribution is -2.22. The molecular weight excluding hydrogens is 230 g/mol. The van der Waals surface area contributed by atoms with Crippen LogP contribution in [0.5, 0.6) is 0 Å². The topological polar surface area (TPSA) is 61.5 Å². The molecule has 0 saturated heterocycles. The molecule has 0 atom stereocenters. The maximum absolute atomic E-state index is 11.7. The summed E-state index contributed by atoms with van der Waals surface area (Å²) >= 11 is 0. The summed E-state index contributed by atoms with van der Waals surface area (Å²) in [5.74, 6) is -0.345. The molecule has 0 radical (unpaired) electrons. The van der Waals surface area contributed by atoms with Crippen LogP contribution >= 0.6 is 0 Å². The van der Waals surface area contributed by atoms with E-state index >= 15 is 0 Å². The van der Waals surface area contributed by atoms with Crippen molar-refractivity contribution in [2.75, 3.05) is 13.2 Å².